The van der Waals surface area contributed by atoms with Gasteiger partial charge in [0.2, 0.25) is 6.79 Å². The van der Waals surface area contributed by atoms with Crippen LogP contribution >= 0.6 is 0 Å². The molecule has 9 heteroatoms. The summed E-state index contributed by atoms with van der Waals surface area (Å²) in [6.07, 6.45) is 1.55. The van der Waals surface area contributed by atoms with Crippen LogP contribution in [0.2, 0.25) is 0 Å². The summed E-state index contributed by atoms with van der Waals surface area (Å²) in [7, 11) is 0. The van der Waals surface area contributed by atoms with Crippen LogP contribution in [0.1, 0.15) is 28.4 Å². The van der Waals surface area contributed by atoms with Gasteiger partial charge < -0.3 is 19.5 Å². The van der Waals surface area contributed by atoms with Crippen molar-refractivity contribution < 1.29 is 24.2 Å². The minimum Gasteiger partial charge on any atom is -0.481 e. The van der Waals surface area contributed by atoms with Crippen LogP contribution in [0, 0.1) is 5.92 Å². The Morgan fingerprint density at radius 3 is 2.88 bits per heavy atom. The Morgan fingerprint density at radius 2 is 2.12 bits per heavy atom. The van der Waals surface area contributed by atoms with E-state index in [1.807, 2.05) is 0 Å². The predicted molar refractivity (Wildman–Crippen MR) is 83.3 cm³/mol. The van der Waals surface area contributed by atoms with Crippen LogP contribution in [-0.2, 0) is 4.79 Å². The van der Waals surface area contributed by atoms with Gasteiger partial charge in [0.15, 0.2) is 11.5 Å². The second-order valence-electron chi connectivity index (χ2n) is 6.14. The highest BCUT2D eigenvalue weighted by Crippen LogP contribution is 2.36. The summed E-state index contributed by atoms with van der Waals surface area (Å²) in [5.41, 5.74) is 1.16. The number of carbonyl (C=O) groups is 2. The first kappa shape index (κ1) is 15.4. The highest BCUT2D eigenvalue weighted by atomic mass is 16.7. The Balaban J connectivity index is 1.56. The molecule has 2 aliphatic rings. The zero-order chi connectivity index (χ0) is 17.4. The molecule has 130 valence electrons. The monoisotopic (exact) mass is 344 g/mol. The van der Waals surface area contributed by atoms with Gasteiger partial charge in [-0.05, 0) is 24.1 Å². The minimum atomic E-state index is -0.893. The molecule has 2 atom stereocenters. The highest BCUT2D eigenvalue weighted by molar-refractivity contribution is 5.95. The molecule has 2 aromatic rings. The number of hydrogen-bond donors (Lipinski definition) is 2. The predicted octanol–water partition coefficient (Wildman–Crippen LogP) is 0.864. The summed E-state index contributed by atoms with van der Waals surface area (Å²) in [5, 5.41) is 19.6. The van der Waals surface area contributed by atoms with E-state index in [9.17, 15) is 9.59 Å². The number of hydrogen-bond acceptors (Lipinski definition) is 6. The second kappa shape index (κ2) is 6.08. The number of aliphatic carboxylic acids is 1. The molecule has 2 aliphatic heterocycles. The fraction of sp³-hybridized carbons (Fsp3) is 0.375. The summed E-state index contributed by atoms with van der Waals surface area (Å²) >= 11 is 0. The molecule has 9 nitrogen and oxygen atoms in total. The van der Waals surface area contributed by atoms with E-state index in [-0.39, 0.29) is 31.0 Å². The molecule has 0 unspecified atom stereocenters. The van der Waals surface area contributed by atoms with E-state index in [0.717, 1.165) is 0 Å². The number of benzene rings is 1. The summed E-state index contributed by atoms with van der Waals surface area (Å²) in [6, 6.07) is 5.04. The quantitative estimate of drug-likeness (QED) is 0.844. The largest absolute Gasteiger partial charge is 0.481 e. The van der Waals surface area contributed by atoms with Crippen LogP contribution in [0.3, 0.4) is 0 Å². The smallest absolute Gasteiger partial charge is 0.303 e. The topological polar surface area (TPSA) is 118 Å². The molecule has 3 heterocycles. The second-order valence-corrected chi connectivity index (χ2v) is 6.14. The average molecular weight is 344 g/mol. The van der Waals surface area contributed by atoms with E-state index in [1.165, 1.54) is 0 Å². The molecule has 25 heavy (non-hydrogen) atoms. The maximum Gasteiger partial charge on any atom is 0.303 e. The van der Waals surface area contributed by atoms with Crippen molar-refractivity contribution in [3.63, 3.8) is 0 Å². The number of amides is 1. The minimum absolute atomic E-state index is 0.0254. The number of aromatic nitrogens is 3. The molecular formula is C16H16N4O5. The van der Waals surface area contributed by atoms with E-state index in [0.29, 0.717) is 35.8 Å². The van der Waals surface area contributed by atoms with Crippen molar-refractivity contribution >= 4 is 11.9 Å². The number of carbonyl (C=O) groups excluding carboxylic acids is 1. The molecule has 1 aromatic carbocycles. The standard InChI is InChI=1S/C16H16N4O5/c21-15(22)4-10-6-20(7-11(10)12-5-17-19-18-12)16(23)9-1-2-13-14(3-9)25-8-24-13/h1-3,5,10-11H,4,6-8H2,(H,21,22)(H,17,18,19)/t10-,11+/m1/s1. The number of likely N-dealkylation sites (tertiary alicyclic amines) is 1. The van der Waals surface area contributed by atoms with Crippen molar-refractivity contribution in [3.05, 3.63) is 35.7 Å². The number of aromatic amines is 1. The number of H-pyrrole nitrogens is 1. The van der Waals surface area contributed by atoms with Gasteiger partial charge in [0.05, 0.1) is 18.3 Å². The third kappa shape index (κ3) is 2.88. The van der Waals surface area contributed by atoms with Crippen molar-refractivity contribution in [2.75, 3.05) is 19.9 Å². The lowest BCUT2D eigenvalue weighted by molar-refractivity contribution is -0.138. The molecular weight excluding hydrogens is 328 g/mol. The van der Waals surface area contributed by atoms with Crippen LogP contribution in [0.4, 0.5) is 0 Å². The van der Waals surface area contributed by atoms with Gasteiger partial charge in [0, 0.05) is 24.6 Å². The zero-order valence-electron chi connectivity index (χ0n) is 13.2. The normalized spacial score (nSPS) is 21.5. The molecule has 0 spiro atoms. The van der Waals surface area contributed by atoms with E-state index in [1.54, 1.807) is 29.3 Å². The first-order chi connectivity index (χ1) is 12.1. The van der Waals surface area contributed by atoms with Crippen LogP contribution in [0.5, 0.6) is 11.5 Å². The number of nitrogens with zero attached hydrogens (tertiary/aromatic N) is 3. The van der Waals surface area contributed by atoms with Gasteiger partial charge in [-0.3, -0.25) is 9.59 Å². The molecule has 0 radical (unpaired) electrons. The van der Waals surface area contributed by atoms with Crippen molar-refractivity contribution in [2.24, 2.45) is 5.92 Å². The lowest BCUT2D eigenvalue weighted by Gasteiger charge is -2.16. The maximum atomic E-state index is 12.8. The van der Waals surface area contributed by atoms with Crippen LogP contribution < -0.4 is 9.47 Å². The fourth-order valence-corrected chi connectivity index (χ4v) is 3.40. The summed E-state index contributed by atoms with van der Waals surface area (Å²) in [5.74, 6) is -0.272. The van der Waals surface area contributed by atoms with E-state index in [2.05, 4.69) is 15.4 Å². The molecule has 1 saturated heterocycles. The van der Waals surface area contributed by atoms with Gasteiger partial charge in [-0.1, -0.05) is 0 Å². The van der Waals surface area contributed by atoms with Crippen molar-refractivity contribution in [3.8, 4) is 11.5 Å². The van der Waals surface area contributed by atoms with Gasteiger partial charge in [-0.2, -0.15) is 15.4 Å². The molecule has 0 bridgehead atoms. The van der Waals surface area contributed by atoms with Gasteiger partial charge in [0.1, 0.15) is 0 Å². The summed E-state index contributed by atoms with van der Waals surface area (Å²) in [6.45, 7) is 0.903. The molecule has 1 amide bonds. The van der Waals surface area contributed by atoms with Crippen LogP contribution in [0.15, 0.2) is 24.4 Å². The number of rotatable bonds is 4. The molecule has 4 rings (SSSR count). The molecule has 1 aromatic heterocycles. The van der Waals surface area contributed by atoms with Crippen molar-refractivity contribution in [2.45, 2.75) is 12.3 Å². The van der Waals surface area contributed by atoms with Gasteiger partial charge in [-0.25, -0.2) is 0 Å². The molecule has 0 aliphatic carbocycles. The first-order valence-electron chi connectivity index (χ1n) is 7.88. The number of ether oxygens (including phenoxy) is 2. The van der Waals surface area contributed by atoms with E-state index in [4.69, 9.17) is 14.6 Å². The molecule has 0 saturated carbocycles. The third-order valence-corrected chi connectivity index (χ3v) is 4.60. The molecule has 2 N–H and O–H groups in total. The summed E-state index contributed by atoms with van der Waals surface area (Å²) in [4.78, 5) is 25.7. The highest BCUT2D eigenvalue weighted by Gasteiger charge is 2.39. The lowest BCUT2D eigenvalue weighted by atomic mass is 9.91. The fourth-order valence-electron chi connectivity index (χ4n) is 3.40. The van der Waals surface area contributed by atoms with E-state index < -0.39 is 5.97 Å². The van der Waals surface area contributed by atoms with Crippen LogP contribution in [0.25, 0.3) is 0 Å². The van der Waals surface area contributed by atoms with Crippen LogP contribution in [-0.4, -0.2) is 57.2 Å². The van der Waals surface area contributed by atoms with Gasteiger partial charge >= 0.3 is 5.97 Å². The van der Waals surface area contributed by atoms with Gasteiger partial charge in [0.25, 0.3) is 5.91 Å². The Labute approximate surface area is 142 Å². The number of carboxylic acid groups (broad SMARTS) is 1. The Hall–Kier alpha value is -3.10. The number of nitrogens with one attached hydrogen (secondary N) is 1. The average Bonchev–Trinajstić information content (AvgIpc) is 3.32. The summed E-state index contributed by atoms with van der Waals surface area (Å²) < 4.78 is 10.6. The van der Waals surface area contributed by atoms with E-state index >= 15 is 0 Å². The maximum absolute atomic E-state index is 12.8. The first-order valence-corrected chi connectivity index (χ1v) is 7.88. The Kier molecular flexibility index (Phi) is 3.75. The Morgan fingerprint density at radius 1 is 1.28 bits per heavy atom. The molecule has 1 fully saturated rings. The number of carboxylic acids is 1. The third-order valence-electron chi connectivity index (χ3n) is 4.60. The SMILES string of the molecule is O=C(O)C[C@@H]1CN(C(=O)c2ccc3c(c2)OCO3)C[C@@H]1c1cn[nH]n1. The van der Waals surface area contributed by atoms with Crippen molar-refractivity contribution in [1.82, 2.24) is 20.3 Å². The lowest BCUT2D eigenvalue weighted by Crippen LogP contribution is -2.29. The Bertz CT molecular complexity index is 807. The van der Waals surface area contributed by atoms with Gasteiger partial charge in [-0.15, -0.1) is 0 Å². The van der Waals surface area contributed by atoms with Crippen molar-refractivity contribution in [1.29, 1.82) is 0 Å². The number of fused-ring (bicyclic) bond motifs is 1. The zero-order valence-corrected chi connectivity index (χ0v) is 13.2.